The van der Waals surface area contributed by atoms with Crippen molar-refractivity contribution in [3.63, 3.8) is 0 Å². The molecular formula is C18H35N6O3. The molecule has 0 spiro atoms. The number of carbonyl (C=O) groups is 2. The van der Waals surface area contributed by atoms with E-state index in [1.807, 2.05) is 13.8 Å². The van der Waals surface area contributed by atoms with Crippen LogP contribution < -0.4 is 27.4 Å². The van der Waals surface area contributed by atoms with E-state index < -0.39 is 24.0 Å². The van der Waals surface area contributed by atoms with Crippen molar-refractivity contribution in [3.8, 4) is 0 Å². The van der Waals surface area contributed by atoms with Gasteiger partial charge in [-0.05, 0) is 25.7 Å². The zero-order valence-electron chi connectivity index (χ0n) is 16.5. The summed E-state index contributed by atoms with van der Waals surface area (Å²) in [6, 6.07) is -2.15. The number of hydrogen-bond acceptors (Lipinski definition) is 5. The second-order valence-electron chi connectivity index (χ2n) is 6.61. The van der Waals surface area contributed by atoms with Gasteiger partial charge in [0.25, 0.3) is 0 Å². The van der Waals surface area contributed by atoms with Crippen LogP contribution in [0.15, 0.2) is 0 Å². The van der Waals surface area contributed by atoms with E-state index in [2.05, 4.69) is 16.0 Å². The molecule has 9 nitrogen and oxygen atoms in total. The van der Waals surface area contributed by atoms with E-state index in [1.54, 1.807) is 6.29 Å². The van der Waals surface area contributed by atoms with Gasteiger partial charge in [-0.1, -0.05) is 39.5 Å². The van der Waals surface area contributed by atoms with Crippen molar-refractivity contribution in [1.29, 1.82) is 5.41 Å². The van der Waals surface area contributed by atoms with E-state index in [-0.39, 0.29) is 11.9 Å². The van der Waals surface area contributed by atoms with Crippen molar-refractivity contribution < 1.29 is 14.4 Å². The summed E-state index contributed by atoms with van der Waals surface area (Å²) in [6.07, 6.45) is 7.17. The summed E-state index contributed by atoms with van der Waals surface area (Å²) in [5.74, 6) is -0.906. The standard InChI is InChI=1S/C18H35N6O3/c1-3-5-9-14(19)16(26)24-15(10-6-4-2)17(27)23-13(12-25)8-7-11-22-18(20)21/h13-15H,3-11,19H2,1-2H3,(H,23,27)(H,24,26)(H4,20,21,22)/t13-,14-,15-/m1/s1. The summed E-state index contributed by atoms with van der Waals surface area (Å²) < 4.78 is 0. The van der Waals surface area contributed by atoms with Gasteiger partial charge >= 0.3 is 0 Å². The van der Waals surface area contributed by atoms with Gasteiger partial charge in [-0.15, -0.1) is 0 Å². The molecule has 0 aliphatic rings. The zero-order chi connectivity index (χ0) is 20.7. The first-order chi connectivity index (χ1) is 12.8. The van der Waals surface area contributed by atoms with Crippen molar-refractivity contribution in [2.45, 2.75) is 83.3 Å². The summed E-state index contributed by atoms with van der Waals surface area (Å²) in [7, 11) is 0. The molecule has 8 N–H and O–H groups in total. The summed E-state index contributed by atoms with van der Waals surface area (Å²) in [5, 5.41) is 15.0. The summed E-state index contributed by atoms with van der Waals surface area (Å²) >= 11 is 0. The molecule has 0 rings (SSSR count). The molecule has 0 aliphatic carbocycles. The first-order valence-corrected chi connectivity index (χ1v) is 9.67. The minimum Gasteiger partial charge on any atom is -0.370 e. The third-order valence-corrected chi connectivity index (χ3v) is 4.13. The lowest BCUT2D eigenvalue weighted by Gasteiger charge is -2.22. The average molecular weight is 384 g/mol. The molecule has 0 aromatic rings. The average Bonchev–Trinajstić information content (AvgIpc) is 2.64. The Labute approximate surface area is 161 Å². The highest BCUT2D eigenvalue weighted by atomic mass is 16.2. The van der Waals surface area contributed by atoms with Crippen molar-refractivity contribution >= 4 is 24.1 Å². The molecule has 1 radical (unpaired) electrons. The maximum Gasteiger partial charge on any atom is 0.243 e. The number of carbonyl (C=O) groups excluding carboxylic acids is 3. The number of amides is 2. The van der Waals surface area contributed by atoms with Gasteiger partial charge in [-0.3, -0.25) is 19.8 Å². The van der Waals surface area contributed by atoms with Gasteiger partial charge in [0.05, 0.1) is 12.1 Å². The number of hydrogen-bond donors (Lipinski definition) is 6. The fourth-order valence-corrected chi connectivity index (χ4v) is 2.47. The Hall–Kier alpha value is -2.16. The van der Waals surface area contributed by atoms with Crippen molar-refractivity contribution in [2.75, 3.05) is 6.54 Å². The molecular weight excluding hydrogens is 348 g/mol. The fourth-order valence-electron chi connectivity index (χ4n) is 2.47. The SMILES string of the molecule is CCCC[C@@H](N)C(=O)N[C@H](CCCC)C(=O)N[C@@H]([C]=O)CCCNC(=N)N. The quantitative estimate of drug-likeness (QED) is 0.133. The number of guanidine groups is 1. The molecule has 0 aromatic heterocycles. The van der Waals surface area contributed by atoms with Gasteiger partial charge < -0.3 is 27.4 Å². The lowest BCUT2D eigenvalue weighted by molar-refractivity contribution is -0.130. The topological polar surface area (TPSA) is 163 Å². The van der Waals surface area contributed by atoms with E-state index in [4.69, 9.17) is 16.9 Å². The lowest BCUT2D eigenvalue weighted by atomic mass is 10.1. The van der Waals surface area contributed by atoms with Gasteiger partial charge in [0.15, 0.2) is 5.96 Å². The largest absolute Gasteiger partial charge is 0.370 e. The van der Waals surface area contributed by atoms with Crippen LogP contribution >= 0.6 is 0 Å². The number of unbranched alkanes of at least 4 members (excludes halogenated alkanes) is 2. The Kier molecular flexibility index (Phi) is 13.8. The predicted octanol–water partition coefficient (Wildman–Crippen LogP) is 0.0367. The highest BCUT2D eigenvalue weighted by Crippen LogP contribution is 2.05. The molecule has 2 amide bonds. The lowest BCUT2D eigenvalue weighted by Crippen LogP contribution is -2.53. The molecule has 0 saturated carbocycles. The molecule has 0 aromatic carbocycles. The number of nitrogens with one attached hydrogen (secondary N) is 4. The van der Waals surface area contributed by atoms with Crippen LogP contribution in [0.1, 0.15) is 65.2 Å². The summed E-state index contributed by atoms with van der Waals surface area (Å²) in [4.78, 5) is 35.9. The Bertz CT molecular complexity index is 472. The molecule has 3 atom stereocenters. The normalized spacial score (nSPS) is 13.9. The summed E-state index contributed by atoms with van der Waals surface area (Å²) in [5.41, 5.74) is 11.1. The predicted molar refractivity (Wildman–Crippen MR) is 106 cm³/mol. The van der Waals surface area contributed by atoms with Gasteiger partial charge in [0.2, 0.25) is 18.1 Å². The first kappa shape index (κ1) is 24.8. The van der Waals surface area contributed by atoms with E-state index in [0.29, 0.717) is 32.2 Å². The monoisotopic (exact) mass is 383 g/mol. The number of rotatable bonds is 15. The van der Waals surface area contributed by atoms with E-state index in [9.17, 15) is 14.4 Å². The third-order valence-electron chi connectivity index (χ3n) is 4.13. The van der Waals surface area contributed by atoms with Crippen molar-refractivity contribution in [2.24, 2.45) is 11.5 Å². The smallest absolute Gasteiger partial charge is 0.243 e. The first-order valence-electron chi connectivity index (χ1n) is 9.67. The van der Waals surface area contributed by atoms with Gasteiger partial charge in [-0.2, -0.15) is 0 Å². The van der Waals surface area contributed by atoms with Crippen LogP contribution in [0, 0.1) is 5.41 Å². The molecule has 0 saturated heterocycles. The van der Waals surface area contributed by atoms with E-state index >= 15 is 0 Å². The van der Waals surface area contributed by atoms with Gasteiger partial charge in [-0.25, -0.2) is 0 Å². The highest BCUT2D eigenvalue weighted by molar-refractivity contribution is 5.90. The highest BCUT2D eigenvalue weighted by Gasteiger charge is 2.25. The Morgan fingerprint density at radius 2 is 1.63 bits per heavy atom. The minimum absolute atomic E-state index is 0.146. The molecule has 155 valence electrons. The van der Waals surface area contributed by atoms with Crippen LogP contribution in [0.25, 0.3) is 0 Å². The number of nitrogens with two attached hydrogens (primary N) is 2. The zero-order valence-corrected chi connectivity index (χ0v) is 16.5. The molecule has 0 heterocycles. The Balaban J connectivity index is 4.66. The van der Waals surface area contributed by atoms with Crippen LogP contribution in [0.2, 0.25) is 0 Å². The summed E-state index contributed by atoms with van der Waals surface area (Å²) in [6.45, 7) is 4.43. The van der Waals surface area contributed by atoms with Crippen LogP contribution in [0.3, 0.4) is 0 Å². The Morgan fingerprint density at radius 1 is 1.00 bits per heavy atom. The van der Waals surface area contributed by atoms with Crippen LogP contribution in [-0.4, -0.2) is 48.7 Å². The van der Waals surface area contributed by atoms with E-state index in [0.717, 1.165) is 25.7 Å². The third kappa shape index (κ3) is 12.0. The molecule has 0 unspecified atom stereocenters. The molecule has 9 heteroatoms. The van der Waals surface area contributed by atoms with Crippen LogP contribution in [-0.2, 0) is 14.4 Å². The molecule has 0 fully saturated rings. The second kappa shape index (κ2) is 15.0. The van der Waals surface area contributed by atoms with Crippen LogP contribution in [0.5, 0.6) is 0 Å². The van der Waals surface area contributed by atoms with E-state index in [1.165, 1.54) is 0 Å². The molecule has 0 aliphatic heterocycles. The van der Waals surface area contributed by atoms with Crippen molar-refractivity contribution in [3.05, 3.63) is 0 Å². The maximum absolute atomic E-state index is 12.5. The Morgan fingerprint density at radius 3 is 2.19 bits per heavy atom. The van der Waals surface area contributed by atoms with Gasteiger partial charge in [0.1, 0.15) is 6.04 Å². The van der Waals surface area contributed by atoms with Crippen molar-refractivity contribution in [1.82, 2.24) is 16.0 Å². The minimum atomic E-state index is -0.777. The molecule has 0 bridgehead atoms. The fraction of sp³-hybridized carbons (Fsp3) is 0.778. The molecule has 27 heavy (non-hydrogen) atoms. The van der Waals surface area contributed by atoms with Crippen LogP contribution in [0.4, 0.5) is 0 Å². The second-order valence-corrected chi connectivity index (χ2v) is 6.61. The van der Waals surface area contributed by atoms with Gasteiger partial charge in [0, 0.05) is 6.54 Å². The maximum atomic E-state index is 12.5.